The van der Waals surface area contributed by atoms with Gasteiger partial charge in [0.1, 0.15) is 36.3 Å². The molecule has 454 valence electrons. The molecule has 0 aliphatic carbocycles. The fraction of sp³-hybridized carbons (Fsp3) is 0.645. The van der Waals surface area contributed by atoms with Crippen LogP contribution >= 0.6 is 0 Å². The van der Waals surface area contributed by atoms with E-state index in [9.17, 15) is 47.9 Å². The van der Waals surface area contributed by atoms with Gasteiger partial charge in [-0.15, -0.1) is 0 Å². The zero-order valence-electron chi connectivity index (χ0n) is 50.0. The van der Waals surface area contributed by atoms with Crippen LogP contribution in [0.1, 0.15) is 159 Å². The average Bonchev–Trinajstić information content (AvgIpc) is 4.28. The Labute approximate surface area is 489 Å². The van der Waals surface area contributed by atoms with Gasteiger partial charge in [0.25, 0.3) is 5.91 Å². The van der Waals surface area contributed by atoms with E-state index in [4.69, 9.17) is 11.5 Å². The lowest BCUT2D eigenvalue weighted by atomic mass is 9.94. The minimum Gasteiger partial charge on any atom is -0.368 e. The van der Waals surface area contributed by atoms with Crippen molar-refractivity contribution >= 4 is 59.1 Å². The molecule has 5 aliphatic rings. The zero-order chi connectivity index (χ0) is 60.2. The van der Waals surface area contributed by atoms with Gasteiger partial charge in [-0.2, -0.15) is 0 Å². The molecule has 5 heterocycles. The Morgan fingerprint density at radius 3 is 1.48 bits per heavy atom. The van der Waals surface area contributed by atoms with Gasteiger partial charge in [0.05, 0.1) is 0 Å². The van der Waals surface area contributed by atoms with E-state index < -0.39 is 65.8 Å². The van der Waals surface area contributed by atoms with E-state index in [0.29, 0.717) is 135 Å². The maximum Gasteiger partial charge on any atom is 0.254 e. The molecule has 0 unspecified atom stereocenters. The van der Waals surface area contributed by atoms with Gasteiger partial charge in [0.15, 0.2) is 0 Å². The topological polar surface area (TPSA) is 269 Å². The van der Waals surface area contributed by atoms with Crippen molar-refractivity contribution in [2.45, 2.75) is 194 Å². The summed E-state index contributed by atoms with van der Waals surface area (Å²) in [7, 11) is 0. The van der Waals surface area contributed by atoms with E-state index in [0.717, 1.165) is 16.7 Å². The molecule has 21 nitrogen and oxygen atoms in total. The minimum absolute atomic E-state index is 0.0146. The van der Waals surface area contributed by atoms with Crippen LogP contribution in [0, 0.1) is 17.8 Å². The van der Waals surface area contributed by atoms with Crippen molar-refractivity contribution in [3.63, 3.8) is 0 Å². The first-order chi connectivity index (χ1) is 39.6. The number of hydrogen-bond donors (Lipinski definition) is 4. The first kappa shape index (κ1) is 63.7. The summed E-state index contributed by atoms with van der Waals surface area (Å²) in [6.45, 7) is 16.4. The fourth-order valence-electron chi connectivity index (χ4n) is 12.8. The number of nitrogens with one attached hydrogen (secondary N) is 2. The molecule has 6 N–H and O–H groups in total. The highest BCUT2D eigenvalue weighted by atomic mass is 16.2. The lowest BCUT2D eigenvalue weighted by molar-refractivity contribution is -0.149. The van der Waals surface area contributed by atoms with Crippen LogP contribution in [0.2, 0.25) is 0 Å². The molecule has 0 saturated carbocycles. The van der Waals surface area contributed by atoms with Crippen molar-refractivity contribution in [3.05, 3.63) is 70.8 Å². The van der Waals surface area contributed by atoms with Crippen molar-refractivity contribution in [3.8, 4) is 0 Å². The molecular weight excluding hydrogens is 1060 g/mol. The number of carbonyl (C=O) groups is 10. The normalized spacial score (nSPS) is 20.9. The lowest BCUT2D eigenvalue weighted by Crippen LogP contribution is -2.59. The number of carbonyl (C=O) groups excluding carboxylic acids is 10. The van der Waals surface area contributed by atoms with Crippen LogP contribution in [0.3, 0.4) is 0 Å². The second kappa shape index (κ2) is 29.1. The average molecular weight is 1150 g/mol. The summed E-state index contributed by atoms with van der Waals surface area (Å²) in [5.74, 6) is -3.57. The van der Waals surface area contributed by atoms with Crippen molar-refractivity contribution in [2.24, 2.45) is 29.2 Å². The highest BCUT2D eigenvalue weighted by molar-refractivity contribution is 5.98. The Hall–Kier alpha value is -6.90. The number of likely N-dealkylation sites (tertiary alicyclic amines) is 5. The van der Waals surface area contributed by atoms with E-state index in [2.05, 4.69) is 10.6 Å². The van der Waals surface area contributed by atoms with Crippen LogP contribution in [-0.2, 0) is 62.8 Å². The summed E-state index contributed by atoms with van der Waals surface area (Å²) in [5.41, 5.74) is 14.7. The van der Waals surface area contributed by atoms with Gasteiger partial charge in [0.2, 0.25) is 53.2 Å². The maximum atomic E-state index is 14.6. The molecule has 21 heteroatoms. The number of benzene rings is 2. The van der Waals surface area contributed by atoms with Crippen LogP contribution in [0.25, 0.3) is 0 Å². The Morgan fingerprint density at radius 1 is 0.554 bits per heavy atom. The molecule has 2 aromatic rings. The quantitative estimate of drug-likeness (QED) is 0.125. The van der Waals surface area contributed by atoms with Gasteiger partial charge in [-0.05, 0) is 132 Å². The molecule has 5 saturated heterocycles. The summed E-state index contributed by atoms with van der Waals surface area (Å²) in [6, 6.07) is 9.78. The Kier molecular flexibility index (Phi) is 22.3. The third-order valence-corrected chi connectivity index (χ3v) is 17.3. The van der Waals surface area contributed by atoms with E-state index in [-0.39, 0.29) is 72.8 Å². The predicted molar refractivity (Wildman–Crippen MR) is 312 cm³/mol. The van der Waals surface area contributed by atoms with Crippen LogP contribution in [0.4, 0.5) is 0 Å². The first-order valence-corrected chi connectivity index (χ1v) is 30.4. The number of hydrogen-bond acceptors (Lipinski definition) is 11. The van der Waals surface area contributed by atoms with Crippen LogP contribution < -0.4 is 22.1 Å². The highest BCUT2D eigenvalue weighted by Crippen LogP contribution is 2.30. The standard InChI is InChI=1S/C62H91N11O10/c1-39(2)34-48(60(81)69-27-8-12-50(69)55(64)76)65-57(78)52-14-10-29-71(52)62(83)53-15-11-30-72(53)61(82)49(35-40(3)4)66-56(77)51-13-9-28-70(51)59(80)47-24-31-67(32-25-47)54(75)26-33-68(37-44-18-16-43(36-63)17-19-44)58(79)46-22-20-45(21-23-46)38-73(41(5)6)42(7)74/h16-23,39-41,47-53H,8-15,24-38,63H2,1-7H3,(H2,64,76)(H,65,78)(H,66,77)/t48-,49-,50-,51-,52-,53-/m0/s1. The Balaban J connectivity index is 0.937. The minimum atomic E-state index is -0.971. The molecular formula is C62H91N11O10. The summed E-state index contributed by atoms with van der Waals surface area (Å²) < 4.78 is 0. The largest absolute Gasteiger partial charge is 0.368 e. The maximum absolute atomic E-state index is 14.6. The molecule has 2 aromatic carbocycles. The van der Waals surface area contributed by atoms with Crippen molar-refractivity contribution in [1.82, 2.24) is 44.9 Å². The third kappa shape index (κ3) is 16.1. The van der Waals surface area contributed by atoms with E-state index in [1.807, 2.05) is 77.9 Å². The molecule has 0 aromatic heterocycles. The highest BCUT2D eigenvalue weighted by Gasteiger charge is 2.46. The predicted octanol–water partition coefficient (Wildman–Crippen LogP) is 3.68. The molecule has 83 heavy (non-hydrogen) atoms. The van der Waals surface area contributed by atoms with Crippen LogP contribution in [0.5, 0.6) is 0 Å². The van der Waals surface area contributed by atoms with Gasteiger partial charge in [-0.25, -0.2) is 0 Å². The Bertz CT molecular complexity index is 2660. The number of amides is 10. The lowest BCUT2D eigenvalue weighted by Gasteiger charge is -2.36. The molecule has 0 bridgehead atoms. The smallest absolute Gasteiger partial charge is 0.254 e. The third-order valence-electron chi connectivity index (χ3n) is 17.3. The number of nitrogens with two attached hydrogens (primary N) is 2. The number of nitrogens with zero attached hydrogens (tertiary/aromatic N) is 7. The van der Waals surface area contributed by atoms with E-state index in [1.54, 1.807) is 31.7 Å². The molecule has 7 rings (SSSR count). The van der Waals surface area contributed by atoms with E-state index >= 15 is 0 Å². The van der Waals surface area contributed by atoms with Gasteiger partial charge < -0.3 is 56.4 Å². The van der Waals surface area contributed by atoms with Crippen molar-refractivity contribution in [2.75, 3.05) is 45.8 Å². The summed E-state index contributed by atoms with van der Waals surface area (Å²) in [4.78, 5) is 149. The van der Waals surface area contributed by atoms with Gasteiger partial charge >= 0.3 is 0 Å². The molecule has 5 aliphatic heterocycles. The second-order valence-corrected chi connectivity index (χ2v) is 24.6. The van der Waals surface area contributed by atoms with E-state index in [1.165, 1.54) is 21.6 Å². The zero-order valence-corrected chi connectivity index (χ0v) is 50.0. The fourth-order valence-corrected chi connectivity index (χ4v) is 12.8. The molecule has 0 spiro atoms. The molecule has 5 fully saturated rings. The van der Waals surface area contributed by atoms with Gasteiger partial charge in [0, 0.05) is 96.3 Å². The number of primary amides is 1. The molecule has 0 radical (unpaired) electrons. The Morgan fingerprint density at radius 2 is 1.00 bits per heavy atom. The SMILES string of the molecule is CC(=O)N(Cc1ccc(C(=O)N(CCC(=O)N2CCC(C(=O)N3CCC[C@H]3C(=O)N[C@@H](CC(C)C)C(=O)N3CCC[C@H]3C(=O)N3CCC[C@H]3C(=O)N[C@@H](CC(C)C)C(=O)N3CCC[C@H]3C(N)=O)CC2)Cc2ccc(CN)cc2)cc1)C(C)C. The van der Waals surface area contributed by atoms with Crippen molar-refractivity contribution < 1.29 is 47.9 Å². The molecule has 10 amide bonds. The summed E-state index contributed by atoms with van der Waals surface area (Å²) in [5, 5.41) is 5.94. The number of piperidine rings is 1. The second-order valence-electron chi connectivity index (χ2n) is 24.6. The number of rotatable bonds is 23. The van der Waals surface area contributed by atoms with Gasteiger partial charge in [-0.1, -0.05) is 64.1 Å². The molecule has 6 atom stereocenters. The van der Waals surface area contributed by atoms with Crippen LogP contribution in [-0.4, -0.2) is 181 Å². The summed E-state index contributed by atoms with van der Waals surface area (Å²) in [6.07, 6.45) is 5.48. The summed E-state index contributed by atoms with van der Waals surface area (Å²) >= 11 is 0. The van der Waals surface area contributed by atoms with Gasteiger partial charge in [-0.3, -0.25) is 47.9 Å². The first-order valence-electron chi connectivity index (χ1n) is 30.4. The van der Waals surface area contributed by atoms with Crippen LogP contribution in [0.15, 0.2) is 48.5 Å². The van der Waals surface area contributed by atoms with Crippen molar-refractivity contribution in [1.29, 1.82) is 0 Å². The monoisotopic (exact) mass is 1150 g/mol.